The Hall–Kier alpha value is -2.69. The van der Waals surface area contributed by atoms with Gasteiger partial charge in [-0.2, -0.15) is 9.57 Å². The van der Waals surface area contributed by atoms with Crippen LogP contribution in [0, 0.1) is 11.3 Å². The molecular formula is C21H22N2O4S. The van der Waals surface area contributed by atoms with Crippen molar-refractivity contribution in [3.63, 3.8) is 0 Å². The van der Waals surface area contributed by atoms with Gasteiger partial charge in [-0.1, -0.05) is 30.7 Å². The zero-order chi connectivity index (χ0) is 20.1. The van der Waals surface area contributed by atoms with Crippen LogP contribution in [0.25, 0.3) is 0 Å². The maximum atomic E-state index is 13.0. The Morgan fingerprint density at radius 2 is 2.00 bits per heavy atom. The molecule has 0 aromatic heterocycles. The lowest BCUT2D eigenvalue weighted by Gasteiger charge is -2.32. The molecule has 0 saturated carbocycles. The van der Waals surface area contributed by atoms with Crippen molar-refractivity contribution in [3.8, 4) is 6.07 Å². The second-order valence-corrected chi connectivity index (χ2v) is 8.72. The number of benzene rings is 2. The molecule has 7 heteroatoms. The number of ether oxygens (including phenoxy) is 1. The minimum Gasteiger partial charge on any atom is -0.457 e. The molecule has 0 aliphatic carbocycles. The van der Waals surface area contributed by atoms with Gasteiger partial charge in [0.05, 0.1) is 22.1 Å². The molecule has 3 rings (SSSR count). The fourth-order valence-corrected chi connectivity index (χ4v) is 5.08. The molecule has 0 bridgehead atoms. The summed E-state index contributed by atoms with van der Waals surface area (Å²) in [7, 11) is -3.66. The van der Waals surface area contributed by atoms with E-state index in [1.54, 1.807) is 30.3 Å². The third-order valence-electron chi connectivity index (χ3n) is 4.91. The van der Waals surface area contributed by atoms with Crippen LogP contribution in [-0.4, -0.2) is 31.3 Å². The first kappa shape index (κ1) is 20.1. The van der Waals surface area contributed by atoms with E-state index in [0.717, 1.165) is 19.3 Å². The van der Waals surface area contributed by atoms with Gasteiger partial charge in [0.2, 0.25) is 10.0 Å². The Kier molecular flexibility index (Phi) is 6.12. The third-order valence-corrected chi connectivity index (χ3v) is 6.92. The molecule has 1 atom stereocenters. The lowest BCUT2D eigenvalue weighted by Crippen LogP contribution is -2.41. The SMILES string of the molecule is C[C@@H]1CCCCN1S(=O)(=O)c1cccc(C(=O)OCc2ccccc2C#N)c1. The van der Waals surface area contributed by atoms with Crippen LogP contribution in [0.5, 0.6) is 0 Å². The van der Waals surface area contributed by atoms with Crippen LogP contribution < -0.4 is 0 Å². The molecule has 0 N–H and O–H groups in total. The number of nitriles is 1. The maximum Gasteiger partial charge on any atom is 0.338 e. The molecule has 28 heavy (non-hydrogen) atoms. The van der Waals surface area contributed by atoms with Crippen molar-refractivity contribution in [1.82, 2.24) is 4.31 Å². The summed E-state index contributed by atoms with van der Waals surface area (Å²) in [6.45, 7) is 2.34. The van der Waals surface area contributed by atoms with E-state index in [9.17, 15) is 13.2 Å². The van der Waals surface area contributed by atoms with E-state index < -0.39 is 16.0 Å². The lowest BCUT2D eigenvalue weighted by molar-refractivity contribution is 0.0472. The molecule has 0 amide bonds. The van der Waals surface area contributed by atoms with E-state index in [-0.39, 0.29) is 23.1 Å². The fraction of sp³-hybridized carbons (Fsp3) is 0.333. The van der Waals surface area contributed by atoms with E-state index in [1.165, 1.54) is 22.5 Å². The summed E-state index contributed by atoms with van der Waals surface area (Å²) in [6.07, 6.45) is 2.69. The summed E-state index contributed by atoms with van der Waals surface area (Å²) in [5, 5.41) is 9.11. The highest BCUT2D eigenvalue weighted by Crippen LogP contribution is 2.25. The van der Waals surface area contributed by atoms with Crippen molar-refractivity contribution in [3.05, 3.63) is 65.2 Å². The van der Waals surface area contributed by atoms with Crippen molar-refractivity contribution in [2.75, 3.05) is 6.54 Å². The first-order valence-corrected chi connectivity index (χ1v) is 10.6. The number of sulfonamides is 1. The summed E-state index contributed by atoms with van der Waals surface area (Å²) in [6, 6.07) is 14.8. The van der Waals surface area contributed by atoms with Crippen LogP contribution >= 0.6 is 0 Å². The second kappa shape index (κ2) is 8.55. The number of piperidine rings is 1. The summed E-state index contributed by atoms with van der Waals surface area (Å²) in [4.78, 5) is 12.5. The molecule has 0 spiro atoms. The van der Waals surface area contributed by atoms with Crippen LogP contribution in [-0.2, 0) is 21.4 Å². The van der Waals surface area contributed by atoms with Crippen LogP contribution in [0.2, 0.25) is 0 Å². The number of esters is 1. The molecule has 0 radical (unpaired) electrons. The number of rotatable bonds is 5. The van der Waals surface area contributed by atoms with Crippen LogP contribution in [0.1, 0.15) is 47.7 Å². The van der Waals surface area contributed by atoms with E-state index in [2.05, 4.69) is 6.07 Å². The first-order valence-electron chi connectivity index (χ1n) is 9.20. The first-order chi connectivity index (χ1) is 13.4. The highest BCUT2D eigenvalue weighted by molar-refractivity contribution is 7.89. The minimum absolute atomic E-state index is 0.0529. The Balaban J connectivity index is 1.77. The highest BCUT2D eigenvalue weighted by Gasteiger charge is 2.31. The van der Waals surface area contributed by atoms with Gasteiger partial charge in [-0.05, 0) is 44.0 Å². The number of carbonyl (C=O) groups excluding carboxylic acids is 1. The van der Waals surface area contributed by atoms with E-state index in [0.29, 0.717) is 17.7 Å². The topological polar surface area (TPSA) is 87.5 Å². The Labute approximate surface area is 165 Å². The predicted molar refractivity (Wildman–Crippen MR) is 104 cm³/mol. The van der Waals surface area contributed by atoms with Crippen molar-refractivity contribution in [2.24, 2.45) is 0 Å². The van der Waals surface area contributed by atoms with Gasteiger partial charge in [0.1, 0.15) is 6.61 Å². The highest BCUT2D eigenvalue weighted by atomic mass is 32.2. The average Bonchev–Trinajstić information content (AvgIpc) is 2.72. The quantitative estimate of drug-likeness (QED) is 0.720. The smallest absolute Gasteiger partial charge is 0.338 e. The Bertz CT molecular complexity index is 1010. The normalized spacial score (nSPS) is 17.6. The lowest BCUT2D eigenvalue weighted by atomic mass is 10.1. The van der Waals surface area contributed by atoms with Gasteiger partial charge in [-0.25, -0.2) is 13.2 Å². The number of hydrogen-bond donors (Lipinski definition) is 0. The summed E-state index contributed by atoms with van der Waals surface area (Å²) in [5.74, 6) is -0.628. The number of hydrogen-bond acceptors (Lipinski definition) is 5. The van der Waals surface area contributed by atoms with E-state index in [1.807, 2.05) is 6.92 Å². The van der Waals surface area contributed by atoms with Crippen LogP contribution in [0.15, 0.2) is 53.4 Å². The molecule has 1 aliphatic heterocycles. The van der Waals surface area contributed by atoms with E-state index in [4.69, 9.17) is 10.00 Å². The van der Waals surface area contributed by atoms with Crippen molar-refractivity contribution < 1.29 is 17.9 Å². The zero-order valence-corrected chi connectivity index (χ0v) is 16.5. The van der Waals surface area contributed by atoms with Gasteiger partial charge in [0.25, 0.3) is 0 Å². The molecule has 6 nitrogen and oxygen atoms in total. The van der Waals surface area contributed by atoms with Crippen molar-refractivity contribution in [1.29, 1.82) is 5.26 Å². The molecule has 2 aromatic carbocycles. The molecular weight excluding hydrogens is 376 g/mol. The molecule has 0 unspecified atom stereocenters. The largest absolute Gasteiger partial charge is 0.457 e. The maximum absolute atomic E-state index is 13.0. The zero-order valence-electron chi connectivity index (χ0n) is 15.7. The summed E-state index contributed by atoms with van der Waals surface area (Å²) < 4.78 is 32.7. The summed E-state index contributed by atoms with van der Waals surface area (Å²) >= 11 is 0. The monoisotopic (exact) mass is 398 g/mol. The van der Waals surface area contributed by atoms with E-state index >= 15 is 0 Å². The summed E-state index contributed by atoms with van der Waals surface area (Å²) in [5.41, 5.74) is 1.20. The number of nitrogens with zero attached hydrogens (tertiary/aromatic N) is 2. The van der Waals surface area contributed by atoms with Gasteiger partial charge in [0.15, 0.2) is 0 Å². The molecule has 1 fully saturated rings. The van der Waals surface area contributed by atoms with Crippen LogP contribution in [0.3, 0.4) is 0 Å². The van der Waals surface area contributed by atoms with Gasteiger partial charge in [0, 0.05) is 18.2 Å². The van der Waals surface area contributed by atoms with Crippen molar-refractivity contribution in [2.45, 2.75) is 43.7 Å². The Morgan fingerprint density at radius 1 is 1.21 bits per heavy atom. The average molecular weight is 398 g/mol. The van der Waals surface area contributed by atoms with Gasteiger partial charge >= 0.3 is 5.97 Å². The fourth-order valence-electron chi connectivity index (χ4n) is 3.33. The molecule has 1 heterocycles. The van der Waals surface area contributed by atoms with Crippen LogP contribution in [0.4, 0.5) is 0 Å². The minimum atomic E-state index is -3.66. The molecule has 1 saturated heterocycles. The van der Waals surface area contributed by atoms with Crippen molar-refractivity contribution >= 4 is 16.0 Å². The third kappa shape index (κ3) is 4.24. The second-order valence-electron chi connectivity index (χ2n) is 6.83. The standard InChI is InChI=1S/C21H22N2O4S/c1-16-7-4-5-12-23(16)28(25,26)20-11-6-10-17(13-20)21(24)27-15-19-9-3-2-8-18(19)14-22/h2-3,6,8-11,13,16H,4-5,7,12,15H2,1H3/t16-/m1/s1. The molecule has 146 valence electrons. The molecule has 1 aliphatic rings. The van der Waals surface area contributed by atoms with Gasteiger partial charge in [-0.15, -0.1) is 0 Å². The predicted octanol–water partition coefficient (Wildman–Crippen LogP) is 3.48. The van der Waals surface area contributed by atoms with Gasteiger partial charge < -0.3 is 4.74 Å². The Morgan fingerprint density at radius 3 is 2.75 bits per heavy atom. The molecule has 2 aromatic rings. The number of carbonyl (C=O) groups is 1. The van der Waals surface area contributed by atoms with Gasteiger partial charge in [-0.3, -0.25) is 0 Å².